The summed E-state index contributed by atoms with van der Waals surface area (Å²) in [7, 11) is -3.85. The van der Waals surface area contributed by atoms with Crippen molar-refractivity contribution in [3.63, 3.8) is 0 Å². The summed E-state index contributed by atoms with van der Waals surface area (Å²) in [6.07, 6.45) is 1.44. The van der Waals surface area contributed by atoms with Crippen molar-refractivity contribution in [3.8, 4) is 0 Å². The van der Waals surface area contributed by atoms with Crippen LogP contribution in [0.1, 0.15) is 22.2 Å². The van der Waals surface area contributed by atoms with E-state index < -0.39 is 21.8 Å². The van der Waals surface area contributed by atoms with Crippen molar-refractivity contribution in [2.45, 2.75) is 18.2 Å². The molecule has 2 heterocycles. The topological polar surface area (TPSA) is 136 Å². The van der Waals surface area contributed by atoms with E-state index in [1.807, 2.05) is 0 Å². The summed E-state index contributed by atoms with van der Waals surface area (Å²) in [5, 5.41) is 12.1. The molecule has 0 aliphatic carbocycles. The maximum Gasteiger partial charge on any atom is 0.371 e. The molecule has 10 heteroatoms. The Morgan fingerprint density at radius 3 is 2.80 bits per heavy atom. The third-order valence-electron chi connectivity index (χ3n) is 2.41. The highest BCUT2D eigenvalue weighted by Crippen LogP contribution is 2.19. The molecule has 9 nitrogen and oxygen atoms in total. The highest BCUT2D eigenvalue weighted by Gasteiger charge is 2.23. The van der Waals surface area contributed by atoms with E-state index in [0.29, 0.717) is 5.89 Å². The van der Waals surface area contributed by atoms with Gasteiger partial charge in [-0.3, -0.25) is 0 Å². The standard InChI is InChI=1S/C10H11N3O6S/c1-6-8(4-7(18-6)10(14)15)20(16,17)13-3-2-9-11-5-12-19-9/h4-5,13H,2-3H2,1H3,(H,14,15). The Bertz CT molecular complexity index is 703. The summed E-state index contributed by atoms with van der Waals surface area (Å²) in [5.74, 6) is -1.46. The predicted molar refractivity (Wildman–Crippen MR) is 63.6 cm³/mol. The minimum atomic E-state index is -3.85. The summed E-state index contributed by atoms with van der Waals surface area (Å²) in [6.45, 7) is 1.41. The lowest BCUT2D eigenvalue weighted by Crippen LogP contribution is -2.26. The number of aromatic nitrogens is 2. The summed E-state index contributed by atoms with van der Waals surface area (Å²) in [4.78, 5) is 14.3. The number of rotatable bonds is 6. The molecule has 20 heavy (non-hydrogen) atoms. The van der Waals surface area contributed by atoms with Gasteiger partial charge in [0.25, 0.3) is 0 Å². The van der Waals surface area contributed by atoms with Crippen LogP contribution in [0.25, 0.3) is 0 Å². The number of carboxylic acids is 1. The number of furan rings is 1. The highest BCUT2D eigenvalue weighted by atomic mass is 32.2. The molecule has 0 aliphatic rings. The van der Waals surface area contributed by atoms with E-state index in [2.05, 4.69) is 14.9 Å². The van der Waals surface area contributed by atoms with Crippen molar-refractivity contribution in [3.05, 3.63) is 29.8 Å². The van der Waals surface area contributed by atoms with Gasteiger partial charge in [0, 0.05) is 19.0 Å². The summed E-state index contributed by atoms with van der Waals surface area (Å²) in [6, 6.07) is 0.965. The number of sulfonamides is 1. The van der Waals surface area contributed by atoms with Gasteiger partial charge < -0.3 is 14.0 Å². The monoisotopic (exact) mass is 301 g/mol. The van der Waals surface area contributed by atoms with Gasteiger partial charge in [0.15, 0.2) is 6.33 Å². The molecule has 2 aromatic rings. The van der Waals surface area contributed by atoms with E-state index in [9.17, 15) is 13.2 Å². The lowest BCUT2D eigenvalue weighted by molar-refractivity contribution is 0.0661. The molecule has 0 radical (unpaired) electrons. The van der Waals surface area contributed by atoms with Crippen molar-refractivity contribution in [2.75, 3.05) is 6.54 Å². The van der Waals surface area contributed by atoms with Crippen molar-refractivity contribution >= 4 is 16.0 Å². The van der Waals surface area contributed by atoms with Crippen molar-refractivity contribution < 1.29 is 27.3 Å². The van der Waals surface area contributed by atoms with Crippen LogP contribution in [-0.4, -0.2) is 36.2 Å². The molecule has 2 rings (SSSR count). The van der Waals surface area contributed by atoms with Gasteiger partial charge in [-0.25, -0.2) is 17.9 Å². The zero-order chi connectivity index (χ0) is 14.8. The van der Waals surface area contributed by atoms with Crippen LogP contribution in [0.4, 0.5) is 0 Å². The molecule has 108 valence electrons. The lowest BCUT2D eigenvalue weighted by Gasteiger charge is -2.03. The van der Waals surface area contributed by atoms with Crippen LogP contribution >= 0.6 is 0 Å². The first-order valence-corrected chi connectivity index (χ1v) is 6.97. The zero-order valence-electron chi connectivity index (χ0n) is 10.4. The van der Waals surface area contributed by atoms with Gasteiger partial charge in [-0.1, -0.05) is 5.16 Å². The Morgan fingerprint density at radius 1 is 1.50 bits per heavy atom. The van der Waals surface area contributed by atoms with E-state index >= 15 is 0 Å². The first-order valence-electron chi connectivity index (χ1n) is 5.49. The summed E-state index contributed by atoms with van der Waals surface area (Å²) >= 11 is 0. The first-order chi connectivity index (χ1) is 9.40. The van der Waals surface area contributed by atoms with Gasteiger partial charge in [0.2, 0.25) is 21.7 Å². The normalized spacial score (nSPS) is 11.7. The molecule has 0 spiro atoms. The molecule has 2 N–H and O–H groups in total. The predicted octanol–water partition coefficient (Wildman–Crippen LogP) is 0.190. The van der Waals surface area contributed by atoms with E-state index in [1.54, 1.807) is 0 Å². The van der Waals surface area contributed by atoms with Crippen LogP contribution in [-0.2, 0) is 16.4 Å². The number of aromatic carboxylic acids is 1. The largest absolute Gasteiger partial charge is 0.475 e. The maximum atomic E-state index is 12.0. The second-order valence-corrected chi connectivity index (χ2v) is 5.55. The zero-order valence-corrected chi connectivity index (χ0v) is 11.2. The van der Waals surface area contributed by atoms with Crippen LogP contribution in [0.2, 0.25) is 0 Å². The smallest absolute Gasteiger partial charge is 0.371 e. The summed E-state index contributed by atoms with van der Waals surface area (Å²) in [5.41, 5.74) is 0. The fourth-order valence-electron chi connectivity index (χ4n) is 1.51. The van der Waals surface area contributed by atoms with Gasteiger partial charge in [-0.2, -0.15) is 4.98 Å². The molecule has 2 aromatic heterocycles. The number of nitrogens with one attached hydrogen (secondary N) is 1. The Balaban J connectivity index is 2.08. The van der Waals surface area contributed by atoms with Gasteiger partial charge in [-0.05, 0) is 6.92 Å². The molecule has 0 aromatic carbocycles. The van der Waals surface area contributed by atoms with E-state index in [1.165, 1.54) is 13.3 Å². The Kier molecular flexibility index (Phi) is 3.86. The summed E-state index contributed by atoms with van der Waals surface area (Å²) < 4.78 is 35.8. The van der Waals surface area contributed by atoms with Crippen molar-refractivity contribution in [2.24, 2.45) is 0 Å². The first kappa shape index (κ1) is 14.2. The molecule has 0 saturated heterocycles. The molecule has 0 fully saturated rings. The molecule has 0 bridgehead atoms. The van der Waals surface area contributed by atoms with E-state index in [0.717, 1.165) is 6.07 Å². The van der Waals surface area contributed by atoms with E-state index in [4.69, 9.17) is 14.0 Å². The van der Waals surface area contributed by atoms with Crippen LogP contribution in [0.3, 0.4) is 0 Å². The number of carbonyl (C=O) groups is 1. The third kappa shape index (κ3) is 3.03. The Labute approximate surface area is 113 Å². The lowest BCUT2D eigenvalue weighted by atomic mass is 10.4. The minimum Gasteiger partial charge on any atom is -0.475 e. The van der Waals surface area contributed by atoms with Gasteiger partial charge in [-0.15, -0.1) is 0 Å². The Morgan fingerprint density at radius 2 is 2.25 bits per heavy atom. The highest BCUT2D eigenvalue weighted by molar-refractivity contribution is 7.89. The quantitative estimate of drug-likeness (QED) is 0.771. The van der Waals surface area contributed by atoms with Crippen LogP contribution < -0.4 is 4.72 Å². The van der Waals surface area contributed by atoms with Gasteiger partial charge >= 0.3 is 5.97 Å². The SMILES string of the molecule is Cc1oc(C(=O)O)cc1S(=O)(=O)NCCc1ncno1. The number of hydrogen-bond acceptors (Lipinski definition) is 7. The van der Waals surface area contributed by atoms with Gasteiger partial charge in [0.05, 0.1) is 0 Å². The van der Waals surface area contributed by atoms with Crippen LogP contribution in [0.5, 0.6) is 0 Å². The number of nitrogens with zero attached hydrogens (tertiary/aromatic N) is 2. The van der Waals surface area contributed by atoms with Crippen molar-refractivity contribution in [1.82, 2.24) is 14.9 Å². The molecule has 0 amide bonds. The third-order valence-corrected chi connectivity index (χ3v) is 3.98. The maximum absolute atomic E-state index is 12.0. The molecular formula is C10H11N3O6S. The second kappa shape index (κ2) is 5.43. The molecule has 0 aliphatic heterocycles. The van der Waals surface area contributed by atoms with Crippen molar-refractivity contribution in [1.29, 1.82) is 0 Å². The number of hydrogen-bond donors (Lipinski definition) is 2. The number of aryl methyl sites for hydroxylation is 1. The second-order valence-electron chi connectivity index (χ2n) is 3.82. The average Bonchev–Trinajstić information content (AvgIpc) is 2.98. The van der Waals surface area contributed by atoms with Gasteiger partial charge in [0.1, 0.15) is 10.7 Å². The fourth-order valence-corrected chi connectivity index (χ4v) is 2.72. The molecular weight excluding hydrogens is 290 g/mol. The Hall–Kier alpha value is -2.20. The van der Waals surface area contributed by atoms with Crippen LogP contribution in [0.15, 0.2) is 26.2 Å². The molecule has 0 atom stereocenters. The minimum absolute atomic E-state index is 0.00712. The molecule has 0 unspecified atom stereocenters. The molecule has 0 saturated carbocycles. The van der Waals surface area contributed by atoms with Crippen LogP contribution in [0, 0.1) is 6.92 Å². The number of carboxylic acid groups (broad SMARTS) is 1. The van der Waals surface area contributed by atoms with E-state index in [-0.39, 0.29) is 23.6 Å². The fraction of sp³-hybridized carbons (Fsp3) is 0.300. The average molecular weight is 301 g/mol.